The van der Waals surface area contributed by atoms with Crippen LogP contribution in [-0.2, 0) is 47.1 Å². The fraction of sp³-hybridized carbons (Fsp3) is 0. The van der Waals surface area contributed by atoms with Gasteiger partial charge >= 0.3 is 47.1 Å². The van der Waals surface area contributed by atoms with E-state index in [-0.39, 0.29) is 84.4 Å². The molecule has 0 amide bonds. The van der Waals surface area contributed by atoms with Gasteiger partial charge in [0.1, 0.15) is 0 Å². The maximum atomic E-state index is 0. The average Bonchev–Trinajstić information content (AvgIpc) is 0. The molecule has 25 valence electrons. The normalized spacial score (nSPS) is 0. The smallest absolute Gasteiger partial charge is 1.00 e. The zero-order valence-electron chi connectivity index (χ0n) is 2.55. The Morgan fingerprint density at radius 2 is 0.600 bits per heavy atom. The van der Waals surface area contributed by atoms with Crippen molar-refractivity contribution in [1.29, 1.82) is 0 Å². The first-order chi connectivity index (χ1) is 0. The summed E-state index contributed by atoms with van der Waals surface area (Å²) in [6, 6.07) is 0. The van der Waals surface area contributed by atoms with Crippen LogP contribution in [0.25, 0.3) is 0 Å². The second-order valence-electron chi connectivity index (χ2n) is 0. The van der Waals surface area contributed by atoms with Crippen molar-refractivity contribution in [3.05, 3.63) is 0 Å². The van der Waals surface area contributed by atoms with Crippen LogP contribution in [0.4, 0.5) is 0 Å². The molecule has 0 saturated heterocycles. The minimum absolute atomic E-state index is 0. The van der Waals surface area contributed by atoms with E-state index >= 15 is 0 Å². The van der Waals surface area contributed by atoms with Gasteiger partial charge in [0.2, 0.25) is 0 Å². The zero-order valence-corrected chi connectivity index (χ0v) is 13.3. The summed E-state index contributed by atoms with van der Waals surface area (Å²) in [4.78, 5) is 0. The minimum atomic E-state index is 0. The van der Waals surface area contributed by atoms with Crippen molar-refractivity contribution in [2.24, 2.45) is 0 Å². The van der Waals surface area contributed by atoms with Gasteiger partial charge in [0, 0.05) is 0 Å². The van der Waals surface area contributed by atoms with Crippen molar-refractivity contribution in [1.82, 2.24) is 0 Å². The van der Waals surface area contributed by atoms with Gasteiger partial charge in [-0.1, -0.05) is 0 Å². The molecular formula is Cl3HgZn. The Balaban J connectivity index is 0. The van der Waals surface area contributed by atoms with Crippen LogP contribution in [0.3, 0.4) is 0 Å². The van der Waals surface area contributed by atoms with E-state index in [0.29, 0.717) is 0 Å². The second kappa shape index (κ2) is 32.1. The van der Waals surface area contributed by atoms with Gasteiger partial charge in [-0.15, -0.1) is 0 Å². The largest absolute Gasteiger partial charge is 2.00 e. The molecule has 5 heteroatoms. The molecule has 1 radical (unpaired) electrons. The molecule has 0 atom stereocenters. The van der Waals surface area contributed by atoms with Crippen LogP contribution in [-0.4, -0.2) is 0 Å². The maximum Gasteiger partial charge on any atom is 2.00 e. The Morgan fingerprint density at radius 3 is 0.600 bits per heavy atom. The van der Waals surface area contributed by atoms with Gasteiger partial charge in [-0.2, -0.15) is 0 Å². The van der Waals surface area contributed by atoms with E-state index in [1.165, 1.54) is 0 Å². The number of hydrogen-bond donors (Lipinski definition) is 0. The van der Waals surface area contributed by atoms with Crippen LogP contribution in [0.1, 0.15) is 0 Å². The molecule has 0 aliphatic carbocycles. The van der Waals surface area contributed by atoms with E-state index in [0.717, 1.165) is 0 Å². The molecule has 5 heavy (non-hydrogen) atoms. The molecule has 0 heterocycles. The molecule has 0 bridgehead atoms. The molecule has 0 aliphatic heterocycles. The van der Waals surface area contributed by atoms with Gasteiger partial charge < -0.3 is 37.2 Å². The van der Waals surface area contributed by atoms with E-state index in [9.17, 15) is 0 Å². The van der Waals surface area contributed by atoms with E-state index in [1.54, 1.807) is 0 Å². The zero-order chi connectivity index (χ0) is 0. The van der Waals surface area contributed by atoms with Crippen molar-refractivity contribution in [2.45, 2.75) is 0 Å². The van der Waals surface area contributed by atoms with E-state index in [2.05, 4.69) is 0 Å². The van der Waals surface area contributed by atoms with Crippen LogP contribution in [0, 0.1) is 0 Å². The molecule has 0 fully saturated rings. The van der Waals surface area contributed by atoms with Gasteiger partial charge in [0.15, 0.2) is 0 Å². The van der Waals surface area contributed by atoms with Crippen LogP contribution in [0.5, 0.6) is 0 Å². The van der Waals surface area contributed by atoms with Gasteiger partial charge in [-0.3, -0.25) is 0 Å². The molecule has 0 spiro atoms. The molecule has 0 aromatic carbocycles. The first kappa shape index (κ1) is 52.1. The van der Waals surface area contributed by atoms with E-state index in [4.69, 9.17) is 0 Å². The number of rotatable bonds is 0. The van der Waals surface area contributed by atoms with Crippen LogP contribution in [0.2, 0.25) is 0 Å². The van der Waals surface area contributed by atoms with Gasteiger partial charge in [0.25, 0.3) is 0 Å². The fourth-order valence-corrected chi connectivity index (χ4v) is 0. The van der Waals surface area contributed by atoms with Gasteiger partial charge in [-0.05, 0) is 0 Å². The Bertz CT molecular complexity index is 6.85. The van der Waals surface area contributed by atoms with Gasteiger partial charge in [-0.25, -0.2) is 0 Å². The Labute approximate surface area is 83.3 Å². The van der Waals surface area contributed by atoms with Crippen molar-refractivity contribution >= 4 is 0 Å². The SMILES string of the molecule is [Cl-].[Cl-].[Cl-].[Hg+].[Zn+2]. The molecule has 0 unspecified atom stereocenters. The third-order valence-electron chi connectivity index (χ3n) is 0. The Kier molecular flexibility index (Phi) is 334. The van der Waals surface area contributed by atoms with Crippen molar-refractivity contribution in [3.63, 3.8) is 0 Å². The minimum Gasteiger partial charge on any atom is -1.00 e. The summed E-state index contributed by atoms with van der Waals surface area (Å²) in [6.07, 6.45) is 0. The molecule has 0 rings (SSSR count). The average molecular weight is 372 g/mol. The fourth-order valence-electron chi connectivity index (χ4n) is 0. The summed E-state index contributed by atoms with van der Waals surface area (Å²) in [6.45, 7) is 0. The Hall–Kier alpha value is 2.43. The number of hydrogen-bond acceptors (Lipinski definition) is 0. The van der Waals surface area contributed by atoms with E-state index in [1.807, 2.05) is 0 Å². The monoisotopic (exact) mass is 371 g/mol. The van der Waals surface area contributed by atoms with Crippen molar-refractivity contribution < 1.29 is 84.4 Å². The predicted octanol–water partition coefficient (Wildman–Crippen LogP) is -8.99. The summed E-state index contributed by atoms with van der Waals surface area (Å²) in [5, 5.41) is 0. The molecule has 0 saturated carbocycles. The van der Waals surface area contributed by atoms with Crippen LogP contribution in [0.15, 0.2) is 0 Å². The summed E-state index contributed by atoms with van der Waals surface area (Å²) in [7, 11) is 0. The third-order valence-corrected chi connectivity index (χ3v) is 0. The predicted molar refractivity (Wildman–Crippen MR) is 0 cm³/mol. The second-order valence-corrected chi connectivity index (χ2v) is 0. The molecule has 0 nitrogen and oxygen atoms in total. The standard InChI is InChI=1S/3ClH.Hg.Zn/h3*1H;;/q;;;+1;+2/p-3. The first-order valence-corrected chi connectivity index (χ1v) is 0. The molecular weight excluding hydrogens is 372 g/mol. The van der Waals surface area contributed by atoms with Crippen molar-refractivity contribution in [2.75, 3.05) is 0 Å². The Morgan fingerprint density at radius 1 is 0.600 bits per heavy atom. The van der Waals surface area contributed by atoms with Gasteiger partial charge in [0.05, 0.1) is 0 Å². The molecule has 0 aromatic rings. The molecule has 0 N–H and O–H groups in total. The molecule has 0 aliphatic rings. The quantitative estimate of drug-likeness (QED) is 0.371. The summed E-state index contributed by atoms with van der Waals surface area (Å²) < 4.78 is 0. The first-order valence-electron chi connectivity index (χ1n) is 0. The maximum absolute atomic E-state index is 0. The third kappa shape index (κ3) is 21.4. The number of halogens is 3. The molecule has 0 aromatic heterocycles. The topological polar surface area (TPSA) is 0 Å². The summed E-state index contributed by atoms with van der Waals surface area (Å²) in [5.41, 5.74) is 0. The van der Waals surface area contributed by atoms with Crippen molar-refractivity contribution in [3.8, 4) is 0 Å². The van der Waals surface area contributed by atoms with Crippen LogP contribution < -0.4 is 37.2 Å². The summed E-state index contributed by atoms with van der Waals surface area (Å²) >= 11 is 0. The van der Waals surface area contributed by atoms with E-state index < -0.39 is 0 Å². The summed E-state index contributed by atoms with van der Waals surface area (Å²) in [5.74, 6) is 0. The van der Waals surface area contributed by atoms with Crippen LogP contribution >= 0.6 is 0 Å².